The van der Waals surface area contributed by atoms with Crippen molar-refractivity contribution in [2.75, 3.05) is 0 Å². The number of rotatable bonds is 3. The molecule has 6 heteroatoms. The zero-order valence-corrected chi connectivity index (χ0v) is 9.15. The molecule has 0 saturated heterocycles. The zero-order chi connectivity index (χ0) is 13.2. The third kappa shape index (κ3) is 2.84. The predicted octanol–water partition coefficient (Wildman–Crippen LogP) is 3.23. The lowest BCUT2D eigenvalue weighted by atomic mass is 10.0. The average molecular weight is 257 g/mol. The van der Waals surface area contributed by atoms with Crippen molar-refractivity contribution in [2.24, 2.45) is 5.73 Å². The van der Waals surface area contributed by atoms with Gasteiger partial charge in [0.1, 0.15) is 5.75 Å². The smallest absolute Gasteiger partial charge is 0.472 e. The van der Waals surface area contributed by atoms with Crippen LogP contribution in [0, 0.1) is 0 Å². The fourth-order valence-electron chi connectivity index (χ4n) is 1.59. The normalized spacial score (nSPS) is 13.3. The van der Waals surface area contributed by atoms with E-state index in [0.717, 1.165) is 0 Å². The topological polar surface area (TPSA) is 48.4 Å². The number of nitrogens with two attached hydrogens (primary N) is 1. The minimum absolute atomic E-state index is 0.247. The molecule has 3 nitrogen and oxygen atoms in total. The predicted molar refractivity (Wildman–Crippen MR) is 57.9 cm³/mol. The molecule has 1 atom stereocenters. The molecule has 96 valence electrons. The van der Waals surface area contributed by atoms with E-state index in [9.17, 15) is 13.2 Å². The van der Waals surface area contributed by atoms with E-state index < -0.39 is 12.4 Å². The van der Waals surface area contributed by atoms with Gasteiger partial charge in [-0.3, -0.25) is 0 Å². The molecule has 2 rings (SSSR count). The van der Waals surface area contributed by atoms with Gasteiger partial charge in [-0.15, -0.1) is 13.2 Å². The minimum atomic E-state index is -4.74. The molecule has 0 aliphatic carbocycles. The van der Waals surface area contributed by atoms with Gasteiger partial charge in [0.05, 0.1) is 18.6 Å². The van der Waals surface area contributed by atoms with Crippen molar-refractivity contribution in [3.05, 3.63) is 54.0 Å². The fraction of sp³-hybridized carbons (Fsp3) is 0.167. The Kier molecular flexibility index (Phi) is 3.29. The molecule has 0 amide bonds. The van der Waals surface area contributed by atoms with Crippen LogP contribution in [0.2, 0.25) is 0 Å². The van der Waals surface area contributed by atoms with Gasteiger partial charge < -0.3 is 14.9 Å². The molecule has 0 spiro atoms. The molecule has 1 aromatic carbocycles. The molecule has 0 aliphatic heterocycles. The van der Waals surface area contributed by atoms with Crippen LogP contribution in [-0.4, -0.2) is 6.36 Å². The lowest BCUT2D eigenvalue weighted by molar-refractivity contribution is -0.274. The summed E-state index contributed by atoms with van der Waals surface area (Å²) in [5.74, 6) is -0.307. The van der Waals surface area contributed by atoms with Crippen LogP contribution in [0.1, 0.15) is 17.2 Å². The summed E-state index contributed by atoms with van der Waals surface area (Å²) < 4.78 is 45.5. The highest BCUT2D eigenvalue weighted by Gasteiger charge is 2.32. The first kappa shape index (κ1) is 12.5. The second-order valence-electron chi connectivity index (χ2n) is 3.62. The molecule has 0 fully saturated rings. The van der Waals surface area contributed by atoms with E-state index in [0.29, 0.717) is 5.56 Å². The average Bonchev–Trinajstić information content (AvgIpc) is 2.80. The first-order valence-corrected chi connectivity index (χ1v) is 5.10. The Morgan fingerprint density at radius 1 is 1.17 bits per heavy atom. The third-order valence-electron chi connectivity index (χ3n) is 2.38. The van der Waals surface area contributed by atoms with Gasteiger partial charge >= 0.3 is 6.36 Å². The summed E-state index contributed by atoms with van der Waals surface area (Å²) in [5.41, 5.74) is 6.70. The summed E-state index contributed by atoms with van der Waals surface area (Å²) in [5, 5.41) is 0. The molecule has 0 saturated carbocycles. The second kappa shape index (κ2) is 4.73. The molecule has 1 aromatic heterocycles. The number of halogens is 3. The standard InChI is InChI=1S/C12H10F3NO2/c13-12(14,15)18-10-4-2-1-3-9(10)11(16)8-5-6-17-7-8/h1-7,11H,16H2. The Bertz CT molecular complexity index is 508. The van der Waals surface area contributed by atoms with Gasteiger partial charge in [-0.05, 0) is 12.1 Å². The monoisotopic (exact) mass is 257 g/mol. The Balaban J connectivity index is 2.33. The van der Waals surface area contributed by atoms with Crippen molar-refractivity contribution >= 4 is 0 Å². The van der Waals surface area contributed by atoms with Gasteiger partial charge in [0.25, 0.3) is 0 Å². The van der Waals surface area contributed by atoms with Gasteiger partial charge in [0.15, 0.2) is 0 Å². The van der Waals surface area contributed by atoms with E-state index in [1.165, 1.54) is 30.7 Å². The molecule has 2 aromatic rings. The van der Waals surface area contributed by atoms with Crippen molar-refractivity contribution < 1.29 is 22.3 Å². The van der Waals surface area contributed by atoms with E-state index >= 15 is 0 Å². The van der Waals surface area contributed by atoms with E-state index in [2.05, 4.69) is 4.74 Å². The third-order valence-corrected chi connectivity index (χ3v) is 2.38. The summed E-state index contributed by atoms with van der Waals surface area (Å²) in [4.78, 5) is 0. The van der Waals surface area contributed by atoms with Gasteiger partial charge in [-0.1, -0.05) is 18.2 Å². The second-order valence-corrected chi connectivity index (χ2v) is 3.62. The Morgan fingerprint density at radius 3 is 2.50 bits per heavy atom. The summed E-state index contributed by atoms with van der Waals surface area (Å²) in [7, 11) is 0. The lowest BCUT2D eigenvalue weighted by Gasteiger charge is -2.16. The largest absolute Gasteiger partial charge is 0.573 e. The van der Waals surface area contributed by atoms with Crippen LogP contribution in [0.15, 0.2) is 47.3 Å². The van der Waals surface area contributed by atoms with Crippen LogP contribution in [0.5, 0.6) is 5.75 Å². The number of para-hydroxylation sites is 1. The maximum Gasteiger partial charge on any atom is 0.573 e. The summed E-state index contributed by atoms with van der Waals surface area (Å²) in [6.45, 7) is 0. The van der Waals surface area contributed by atoms with E-state index in [1.54, 1.807) is 12.1 Å². The zero-order valence-electron chi connectivity index (χ0n) is 9.15. The molecule has 0 bridgehead atoms. The molecule has 1 unspecified atom stereocenters. The maximum atomic E-state index is 12.2. The Labute approximate surface area is 101 Å². The Morgan fingerprint density at radius 2 is 1.89 bits per heavy atom. The van der Waals surface area contributed by atoms with E-state index in [-0.39, 0.29) is 11.3 Å². The van der Waals surface area contributed by atoms with E-state index in [1.807, 2.05) is 0 Å². The van der Waals surface area contributed by atoms with Crippen LogP contribution in [0.4, 0.5) is 13.2 Å². The molecular weight excluding hydrogens is 247 g/mol. The van der Waals surface area contributed by atoms with Crippen LogP contribution in [-0.2, 0) is 0 Å². The number of hydrogen-bond donors (Lipinski definition) is 1. The minimum Gasteiger partial charge on any atom is -0.472 e. The SMILES string of the molecule is NC(c1ccoc1)c1ccccc1OC(F)(F)F. The number of ether oxygens (including phenoxy) is 1. The van der Waals surface area contributed by atoms with Crippen LogP contribution in [0.3, 0.4) is 0 Å². The number of furan rings is 1. The highest BCUT2D eigenvalue weighted by atomic mass is 19.4. The number of alkyl halides is 3. The molecular formula is C12H10F3NO2. The van der Waals surface area contributed by atoms with Gasteiger partial charge in [-0.25, -0.2) is 0 Å². The molecule has 18 heavy (non-hydrogen) atoms. The highest BCUT2D eigenvalue weighted by molar-refractivity contribution is 5.40. The molecule has 0 aliphatic rings. The Hall–Kier alpha value is -1.95. The van der Waals surface area contributed by atoms with Crippen LogP contribution < -0.4 is 10.5 Å². The molecule has 2 N–H and O–H groups in total. The van der Waals surface area contributed by atoms with Crippen LogP contribution >= 0.6 is 0 Å². The maximum absolute atomic E-state index is 12.2. The summed E-state index contributed by atoms with van der Waals surface area (Å²) in [6.07, 6.45) is -1.95. The first-order chi connectivity index (χ1) is 8.47. The summed E-state index contributed by atoms with van der Waals surface area (Å²) in [6, 6.07) is 6.61. The van der Waals surface area contributed by atoms with Crippen molar-refractivity contribution in [1.82, 2.24) is 0 Å². The molecule has 1 heterocycles. The van der Waals surface area contributed by atoms with Crippen molar-refractivity contribution in [1.29, 1.82) is 0 Å². The van der Waals surface area contributed by atoms with Gasteiger partial charge in [0.2, 0.25) is 0 Å². The van der Waals surface area contributed by atoms with Crippen molar-refractivity contribution in [2.45, 2.75) is 12.4 Å². The van der Waals surface area contributed by atoms with Gasteiger partial charge in [0, 0.05) is 11.1 Å². The number of benzene rings is 1. The fourth-order valence-corrected chi connectivity index (χ4v) is 1.59. The van der Waals surface area contributed by atoms with Crippen LogP contribution in [0.25, 0.3) is 0 Å². The first-order valence-electron chi connectivity index (χ1n) is 5.10. The van der Waals surface area contributed by atoms with Gasteiger partial charge in [-0.2, -0.15) is 0 Å². The molecule has 0 radical (unpaired) electrons. The quantitative estimate of drug-likeness (QED) is 0.918. The van der Waals surface area contributed by atoms with Crippen molar-refractivity contribution in [3.63, 3.8) is 0 Å². The van der Waals surface area contributed by atoms with E-state index in [4.69, 9.17) is 10.2 Å². The van der Waals surface area contributed by atoms with Crippen molar-refractivity contribution in [3.8, 4) is 5.75 Å². The summed E-state index contributed by atoms with van der Waals surface area (Å²) >= 11 is 0. The lowest BCUT2D eigenvalue weighted by Crippen LogP contribution is -2.20. The highest BCUT2D eigenvalue weighted by Crippen LogP contribution is 2.32. The number of hydrogen-bond acceptors (Lipinski definition) is 3.